The molecule has 0 spiro atoms. The van der Waals surface area contributed by atoms with Gasteiger partial charge < -0.3 is 14.9 Å². The van der Waals surface area contributed by atoms with Crippen LogP contribution in [0.5, 0.6) is 0 Å². The van der Waals surface area contributed by atoms with E-state index in [0.717, 1.165) is 23.5 Å². The number of fused-ring (bicyclic) bond motifs is 1. The number of benzene rings is 2. The number of nitrogens with zero attached hydrogens (tertiary/aromatic N) is 1. The molecule has 164 valence electrons. The highest BCUT2D eigenvalue weighted by Crippen LogP contribution is 2.48. The van der Waals surface area contributed by atoms with Crippen LogP contribution in [0.3, 0.4) is 0 Å². The summed E-state index contributed by atoms with van der Waals surface area (Å²) < 4.78 is 0. The van der Waals surface area contributed by atoms with Gasteiger partial charge in [-0.05, 0) is 77.5 Å². The van der Waals surface area contributed by atoms with Gasteiger partial charge in [0.05, 0.1) is 0 Å². The lowest BCUT2D eigenvalue weighted by molar-refractivity contribution is 0.426. The molecule has 2 aromatic rings. The molecule has 0 heterocycles. The standard InChI is InChI=1S/C28H32BNO2/c1-7-10-12-26-20(4)25-18-17-24(19-27(25)28(26,5)6)30(22(9-3)11-8-2)23-15-13-21(14-16-23)29(31)32/h8-19,31-32H,2-3,7H2,1,4-6H3/b12-10-,22-11+. The second-order valence-corrected chi connectivity index (χ2v) is 8.54. The van der Waals surface area contributed by atoms with E-state index >= 15 is 0 Å². The average molecular weight is 425 g/mol. The molecule has 0 radical (unpaired) electrons. The summed E-state index contributed by atoms with van der Waals surface area (Å²) >= 11 is 0. The largest absolute Gasteiger partial charge is 0.488 e. The fourth-order valence-electron chi connectivity index (χ4n) is 4.44. The summed E-state index contributed by atoms with van der Waals surface area (Å²) in [5.41, 5.74) is 8.37. The van der Waals surface area contributed by atoms with Crippen molar-refractivity contribution in [3.8, 4) is 0 Å². The lowest BCUT2D eigenvalue weighted by atomic mass is 9.80. The van der Waals surface area contributed by atoms with E-state index in [1.54, 1.807) is 24.3 Å². The maximum Gasteiger partial charge on any atom is 0.488 e. The van der Waals surface area contributed by atoms with Crippen molar-refractivity contribution >= 4 is 29.5 Å². The van der Waals surface area contributed by atoms with Crippen LogP contribution < -0.4 is 10.4 Å². The Bertz CT molecular complexity index is 1100. The van der Waals surface area contributed by atoms with Gasteiger partial charge in [0, 0.05) is 22.5 Å². The fourth-order valence-corrected chi connectivity index (χ4v) is 4.44. The first kappa shape index (κ1) is 23.6. The Morgan fingerprint density at radius 2 is 1.72 bits per heavy atom. The highest BCUT2D eigenvalue weighted by molar-refractivity contribution is 6.58. The monoisotopic (exact) mass is 425 g/mol. The van der Waals surface area contributed by atoms with E-state index in [0.29, 0.717) is 5.46 Å². The van der Waals surface area contributed by atoms with Crippen molar-refractivity contribution in [2.75, 3.05) is 4.90 Å². The molecule has 0 unspecified atom stereocenters. The molecule has 0 atom stereocenters. The molecule has 4 heteroatoms. The van der Waals surface area contributed by atoms with Gasteiger partial charge in [-0.25, -0.2) is 0 Å². The van der Waals surface area contributed by atoms with Gasteiger partial charge in [-0.15, -0.1) is 0 Å². The van der Waals surface area contributed by atoms with Crippen molar-refractivity contribution in [2.45, 2.75) is 39.5 Å². The Labute approximate surface area is 192 Å². The van der Waals surface area contributed by atoms with Crippen molar-refractivity contribution in [1.29, 1.82) is 0 Å². The maximum atomic E-state index is 9.48. The predicted octanol–water partition coefficient (Wildman–Crippen LogP) is 5.79. The molecule has 3 nitrogen and oxygen atoms in total. The lowest BCUT2D eigenvalue weighted by Crippen LogP contribution is -2.29. The minimum atomic E-state index is -1.50. The molecule has 0 amide bonds. The fraction of sp³-hybridized carbons (Fsp3) is 0.214. The molecular weight excluding hydrogens is 393 g/mol. The van der Waals surface area contributed by atoms with Gasteiger partial charge >= 0.3 is 7.12 Å². The molecule has 2 aromatic carbocycles. The van der Waals surface area contributed by atoms with Crippen molar-refractivity contribution in [2.24, 2.45) is 0 Å². The molecule has 3 rings (SSSR count). The first-order valence-electron chi connectivity index (χ1n) is 11.0. The highest BCUT2D eigenvalue weighted by Gasteiger charge is 2.35. The molecule has 0 fully saturated rings. The van der Waals surface area contributed by atoms with Crippen molar-refractivity contribution in [3.63, 3.8) is 0 Å². The number of hydrogen-bond donors (Lipinski definition) is 2. The minimum absolute atomic E-state index is 0.103. The highest BCUT2D eigenvalue weighted by atomic mass is 16.4. The van der Waals surface area contributed by atoms with Crippen LogP contribution in [0.25, 0.3) is 5.57 Å². The summed E-state index contributed by atoms with van der Waals surface area (Å²) in [6.07, 6.45) is 11.0. The molecule has 1 aliphatic rings. The summed E-state index contributed by atoms with van der Waals surface area (Å²) in [5, 5.41) is 19.0. The summed E-state index contributed by atoms with van der Waals surface area (Å²) in [5.74, 6) is 0. The number of allylic oxidation sites excluding steroid dienone is 7. The van der Waals surface area contributed by atoms with E-state index in [9.17, 15) is 10.0 Å². The number of rotatable bonds is 8. The van der Waals surface area contributed by atoms with Crippen LogP contribution >= 0.6 is 0 Å². The van der Waals surface area contributed by atoms with E-state index in [1.807, 2.05) is 18.2 Å². The Morgan fingerprint density at radius 3 is 2.28 bits per heavy atom. The third-order valence-electron chi connectivity index (χ3n) is 6.14. The zero-order valence-corrected chi connectivity index (χ0v) is 19.5. The zero-order chi connectivity index (χ0) is 23.5. The van der Waals surface area contributed by atoms with Gasteiger partial charge in [0.2, 0.25) is 0 Å². The summed E-state index contributed by atoms with van der Waals surface area (Å²) in [6, 6.07) is 13.8. The molecule has 0 aliphatic heterocycles. The van der Waals surface area contributed by atoms with E-state index in [1.165, 1.54) is 22.3 Å². The normalized spacial score (nSPS) is 15.1. The second-order valence-electron chi connectivity index (χ2n) is 8.54. The third kappa shape index (κ3) is 4.29. The molecule has 0 aromatic heterocycles. The minimum Gasteiger partial charge on any atom is -0.423 e. The van der Waals surface area contributed by atoms with Crippen molar-refractivity contribution in [3.05, 3.63) is 108 Å². The van der Waals surface area contributed by atoms with Gasteiger partial charge in [-0.2, -0.15) is 0 Å². The van der Waals surface area contributed by atoms with E-state index in [-0.39, 0.29) is 5.41 Å². The average Bonchev–Trinajstić information content (AvgIpc) is 2.97. The third-order valence-corrected chi connectivity index (χ3v) is 6.14. The molecule has 2 N–H and O–H groups in total. The van der Waals surface area contributed by atoms with Crippen LogP contribution in [0.15, 0.2) is 97.3 Å². The molecular formula is C28H32BNO2. The Morgan fingerprint density at radius 1 is 1.06 bits per heavy atom. The Hall–Kier alpha value is -3.08. The van der Waals surface area contributed by atoms with Crippen LogP contribution in [0.2, 0.25) is 0 Å². The van der Waals surface area contributed by atoms with Gasteiger partial charge in [-0.1, -0.05) is 70.4 Å². The zero-order valence-electron chi connectivity index (χ0n) is 19.5. The second kappa shape index (κ2) is 9.60. The Balaban J connectivity index is 2.15. The van der Waals surface area contributed by atoms with Crippen molar-refractivity contribution < 1.29 is 10.0 Å². The van der Waals surface area contributed by atoms with Crippen LogP contribution in [0.1, 0.15) is 45.2 Å². The SMILES string of the molecule is C=C/C=C(\C=C)N(c1ccc(B(O)O)cc1)c1ccc2c(c1)C(C)(C)C(/C=C\CC)=C2C. The molecule has 0 bridgehead atoms. The predicted molar refractivity (Wildman–Crippen MR) is 138 cm³/mol. The summed E-state index contributed by atoms with van der Waals surface area (Å²) in [7, 11) is -1.50. The number of hydrogen-bond acceptors (Lipinski definition) is 3. The topological polar surface area (TPSA) is 43.7 Å². The van der Waals surface area contributed by atoms with Crippen molar-refractivity contribution in [1.82, 2.24) is 0 Å². The quantitative estimate of drug-likeness (QED) is 0.416. The van der Waals surface area contributed by atoms with Crippen LogP contribution in [0.4, 0.5) is 11.4 Å². The van der Waals surface area contributed by atoms with E-state index in [4.69, 9.17) is 0 Å². The van der Waals surface area contributed by atoms with Crippen LogP contribution in [-0.2, 0) is 5.41 Å². The first-order valence-corrected chi connectivity index (χ1v) is 11.0. The summed E-state index contributed by atoms with van der Waals surface area (Å²) in [6.45, 7) is 16.8. The van der Waals surface area contributed by atoms with Gasteiger partial charge in [0.15, 0.2) is 0 Å². The maximum absolute atomic E-state index is 9.48. The summed E-state index contributed by atoms with van der Waals surface area (Å²) in [4.78, 5) is 2.10. The smallest absolute Gasteiger partial charge is 0.423 e. The molecule has 1 aliphatic carbocycles. The first-order chi connectivity index (χ1) is 15.3. The molecule has 0 saturated heterocycles. The van der Waals surface area contributed by atoms with Gasteiger partial charge in [-0.3, -0.25) is 0 Å². The Kier molecular flexibility index (Phi) is 7.07. The van der Waals surface area contributed by atoms with E-state index in [2.05, 4.69) is 76.1 Å². The lowest BCUT2D eigenvalue weighted by Gasteiger charge is -2.29. The molecule has 0 saturated carbocycles. The van der Waals surface area contributed by atoms with E-state index < -0.39 is 7.12 Å². The molecule has 32 heavy (non-hydrogen) atoms. The van der Waals surface area contributed by atoms with Gasteiger partial charge in [0.25, 0.3) is 0 Å². The van der Waals surface area contributed by atoms with Gasteiger partial charge in [0.1, 0.15) is 0 Å². The number of anilines is 2. The van der Waals surface area contributed by atoms with Crippen LogP contribution in [0, 0.1) is 0 Å². The van der Waals surface area contributed by atoms with Crippen LogP contribution in [-0.4, -0.2) is 17.2 Å².